The Hall–Kier alpha value is -1.20. The van der Waals surface area contributed by atoms with Crippen molar-refractivity contribution in [3.8, 4) is 0 Å². The molecule has 1 aromatic heterocycles. The Morgan fingerprint density at radius 2 is 2.29 bits per heavy atom. The van der Waals surface area contributed by atoms with Crippen molar-refractivity contribution in [3.05, 3.63) is 51.4 Å². The number of anilines is 1. The number of hydrogen-bond acceptors (Lipinski definition) is 6. The SMILES string of the molecule is COCCN1C(c2cccs2)CC(C(=O)Nc2ccc(F)c(Cl)c2)N(C)[S+]1[O-]. The minimum absolute atomic E-state index is 0.0689. The highest BCUT2D eigenvalue weighted by Gasteiger charge is 2.47. The van der Waals surface area contributed by atoms with Crippen LogP contribution in [0.15, 0.2) is 35.7 Å². The molecule has 0 bridgehead atoms. The monoisotopic (exact) mass is 445 g/mol. The predicted molar refractivity (Wildman–Crippen MR) is 110 cm³/mol. The zero-order valence-corrected chi connectivity index (χ0v) is 17.8. The molecule has 0 radical (unpaired) electrons. The maximum atomic E-state index is 13.3. The van der Waals surface area contributed by atoms with Gasteiger partial charge in [-0.05, 0) is 29.6 Å². The maximum Gasteiger partial charge on any atom is 0.246 e. The third-order valence-electron chi connectivity index (χ3n) is 4.56. The lowest BCUT2D eigenvalue weighted by molar-refractivity contribution is -0.120. The largest absolute Gasteiger partial charge is 0.578 e. The van der Waals surface area contributed by atoms with E-state index in [2.05, 4.69) is 5.32 Å². The molecule has 0 saturated carbocycles. The van der Waals surface area contributed by atoms with Crippen LogP contribution in [0.4, 0.5) is 10.1 Å². The molecule has 1 amide bonds. The van der Waals surface area contributed by atoms with Gasteiger partial charge in [-0.1, -0.05) is 26.3 Å². The summed E-state index contributed by atoms with van der Waals surface area (Å²) in [4.78, 5) is 13.9. The van der Waals surface area contributed by atoms with Gasteiger partial charge < -0.3 is 14.6 Å². The Morgan fingerprint density at radius 3 is 2.93 bits per heavy atom. The van der Waals surface area contributed by atoms with Gasteiger partial charge in [-0.2, -0.15) is 0 Å². The topological polar surface area (TPSA) is 67.9 Å². The summed E-state index contributed by atoms with van der Waals surface area (Å²) in [5.41, 5.74) is 0.394. The van der Waals surface area contributed by atoms with E-state index in [-0.39, 0.29) is 17.0 Å². The number of amides is 1. The summed E-state index contributed by atoms with van der Waals surface area (Å²) < 4.78 is 35.0. The van der Waals surface area contributed by atoms with Gasteiger partial charge in [0.15, 0.2) is 0 Å². The molecule has 2 heterocycles. The summed E-state index contributed by atoms with van der Waals surface area (Å²) in [7, 11) is 3.25. The van der Waals surface area contributed by atoms with Gasteiger partial charge >= 0.3 is 0 Å². The molecule has 3 unspecified atom stereocenters. The standard InChI is InChI=1S/C18H21ClFN3O3S2/c1-22-16(18(24)21-12-5-6-14(20)13(19)10-12)11-15(17-4-3-9-27-17)23(28(22)25)7-8-26-2/h3-6,9-10,15-16H,7-8,11H2,1-2H3,(H,21,24). The summed E-state index contributed by atoms with van der Waals surface area (Å²) in [6.07, 6.45) is 0.466. The minimum Gasteiger partial charge on any atom is -0.578 e. The molecule has 1 N–H and O–H groups in total. The fraction of sp³-hybridized carbons (Fsp3) is 0.389. The molecule has 152 valence electrons. The normalized spacial score (nSPS) is 23.7. The Bertz CT molecular complexity index is 811. The van der Waals surface area contributed by atoms with Crippen molar-refractivity contribution in [2.24, 2.45) is 0 Å². The van der Waals surface area contributed by atoms with Gasteiger partial charge in [0.1, 0.15) is 23.4 Å². The maximum absolute atomic E-state index is 13.3. The van der Waals surface area contributed by atoms with Crippen LogP contribution in [-0.2, 0) is 21.1 Å². The molecule has 28 heavy (non-hydrogen) atoms. The Morgan fingerprint density at radius 1 is 1.50 bits per heavy atom. The van der Waals surface area contributed by atoms with E-state index in [1.165, 1.54) is 18.2 Å². The van der Waals surface area contributed by atoms with Crippen molar-refractivity contribution < 1.29 is 18.5 Å². The molecule has 1 aliphatic rings. The zero-order valence-electron chi connectivity index (χ0n) is 15.4. The number of thiophene rings is 1. The van der Waals surface area contributed by atoms with Crippen molar-refractivity contribution >= 4 is 46.1 Å². The number of carbonyl (C=O) groups is 1. The van der Waals surface area contributed by atoms with Crippen LogP contribution in [0.25, 0.3) is 0 Å². The second-order valence-electron chi connectivity index (χ2n) is 6.31. The molecular formula is C18H21ClFN3O3S2. The van der Waals surface area contributed by atoms with E-state index < -0.39 is 23.4 Å². The first-order valence-electron chi connectivity index (χ1n) is 8.62. The third kappa shape index (κ3) is 4.68. The van der Waals surface area contributed by atoms with Gasteiger partial charge in [0.25, 0.3) is 0 Å². The molecule has 0 spiro atoms. The summed E-state index contributed by atoms with van der Waals surface area (Å²) in [5.74, 6) is -0.867. The van der Waals surface area contributed by atoms with Crippen molar-refractivity contribution in [2.75, 3.05) is 32.6 Å². The number of benzene rings is 1. The van der Waals surface area contributed by atoms with Gasteiger partial charge in [-0.15, -0.1) is 11.3 Å². The quantitative estimate of drug-likeness (QED) is 0.690. The van der Waals surface area contributed by atoms with E-state index in [0.29, 0.717) is 25.3 Å². The summed E-state index contributed by atoms with van der Waals surface area (Å²) in [5, 5.41) is 4.64. The van der Waals surface area contributed by atoms with Crippen LogP contribution in [0, 0.1) is 5.82 Å². The van der Waals surface area contributed by atoms with Gasteiger partial charge in [0, 0.05) is 31.1 Å². The first-order chi connectivity index (χ1) is 13.4. The molecule has 1 aromatic carbocycles. The number of halogens is 2. The smallest absolute Gasteiger partial charge is 0.246 e. The highest BCUT2D eigenvalue weighted by Crippen LogP contribution is 2.38. The van der Waals surface area contributed by atoms with E-state index in [4.69, 9.17) is 16.3 Å². The third-order valence-corrected chi connectivity index (χ3v) is 7.41. The van der Waals surface area contributed by atoms with Crippen molar-refractivity contribution in [1.82, 2.24) is 8.61 Å². The molecular weight excluding hydrogens is 425 g/mol. The molecule has 0 aliphatic carbocycles. The zero-order chi connectivity index (χ0) is 20.3. The number of methoxy groups -OCH3 is 1. The van der Waals surface area contributed by atoms with Gasteiger partial charge in [0.2, 0.25) is 5.91 Å². The molecule has 3 rings (SSSR count). The Kier molecular flexibility index (Phi) is 7.32. The number of ether oxygens (including phenoxy) is 1. The van der Waals surface area contributed by atoms with Gasteiger partial charge in [-0.25, -0.2) is 4.39 Å². The number of nitrogens with one attached hydrogen (secondary N) is 1. The van der Waals surface area contributed by atoms with E-state index in [1.54, 1.807) is 29.8 Å². The first kappa shape index (κ1) is 21.5. The van der Waals surface area contributed by atoms with E-state index in [9.17, 15) is 13.7 Å². The number of rotatable bonds is 6. The summed E-state index contributed by atoms with van der Waals surface area (Å²) in [6.45, 7) is 0.921. The molecule has 3 atom stereocenters. The second-order valence-corrected chi connectivity index (χ2v) is 9.20. The van der Waals surface area contributed by atoms with Crippen molar-refractivity contribution in [1.29, 1.82) is 0 Å². The van der Waals surface area contributed by atoms with Crippen LogP contribution in [0.3, 0.4) is 0 Å². The number of hydrogen-bond donors (Lipinski definition) is 1. The average molecular weight is 446 g/mol. The molecule has 10 heteroatoms. The molecule has 6 nitrogen and oxygen atoms in total. The van der Waals surface area contributed by atoms with Crippen LogP contribution in [0.2, 0.25) is 5.02 Å². The van der Waals surface area contributed by atoms with E-state index >= 15 is 0 Å². The minimum atomic E-state index is -1.51. The number of carbonyl (C=O) groups excluding carboxylic acids is 1. The fourth-order valence-corrected chi connectivity index (χ4v) is 5.56. The predicted octanol–water partition coefficient (Wildman–Crippen LogP) is 3.45. The second kappa shape index (κ2) is 9.53. The highest BCUT2D eigenvalue weighted by molar-refractivity contribution is 7.86. The lowest BCUT2D eigenvalue weighted by Crippen LogP contribution is -2.57. The number of nitrogens with zero attached hydrogens (tertiary/aromatic N) is 2. The Balaban J connectivity index is 1.80. The lowest BCUT2D eigenvalue weighted by atomic mass is 10.0. The molecule has 1 aliphatic heterocycles. The average Bonchev–Trinajstić information content (AvgIpc) is 3.20. The van der Waals surface area contributed by atoms with Crippen molar-refractivity contribution in [2.45, 2.75) is 18.5 Å². The summed E-state index contributed by atoms with van der Waals surface area (Å²) in [6, 6.07) is 7.13. The van der Waals surface area contributed by atoms with Crippen LogP contribution in [0.5, 0.6) is 0 Å². The molecule has 2 aromatic rings. The van der Waals surface area contributed by atoms with Crippen LogP contribution in [0.1, 0.15) is 17.3 Å². The van der Waals surface area contributed by atoms with Gasteiger partial charge in [0.05, 0.1) is 24.2 Å². The molecule has 1 fully saturated rings. The highest BCUT2D eigenvalue weighted by atomic mass is 35.5. The van der Waals surface area contributed by atoms with Crippen LogP contribution in [-0.4, -0.2) is 52.4 Å². The van der Waals surface area contributed by atoms with Crippen LogP contribution < -0.4 is 5.32 Å². The first-order valence-corrected chi connectivity index (χ1v) is 10.9. The van der Waals surface area contributed by atoms with Crippen molar-refractivity contribution in [3.63, 3.8) is 0 Å². The summed E-state index contributed by atoms with van der Waals surface area (Å²) >= 11 is 5.85. The van der Waals surface area contributed by atoms with Gasteiger partial charge in [-0.3, -0.25) is 4.79 Å². The fourth-order valence-electron chi connectivity index (χ4n) is 3.09. The molecule has 1 saturated heterocycles. The number of likely N-dealkylation sites (N-methyl/N-ethyl adjacent to an activating group) is 1. The lowest BCUT2D eigenvalue weighted by Gasteiger charge is -2.42. The van der Waals surface area contributed by atoms with E-state index in [1.807, 2.05) is 21.8 Å². The van der Waals surface area contributed by atoms with Crippen LogP contribution >= 0.6 is 22.9 Å². The van der Waals surface area contributed by atoms with E-state index in [0.717, 1.165) is 4.88 Å². The Labute approximate surface area is 175 Å².